The van der Waals surface area contributed by atoms with E-state index in [2.05, 4.69) is 23.7 Å². The summed E-state index contributed by atoms with van der Waals surface area (Å²) < 4.78 is 5.67. The van der Waals surface area contributed by atoms with Gasteiger partial charge in [0, 0.05) is 11.7 Å². The van der Waals surface area contributed by atoms with Crippen LogP contribution in [0.3, 0.4) is 0 Å². The third kappa shape index (κ3) is 2.85. The first-order valence-electron chi connectivity index (χ1n) is 5.36. The number of anilines is 1. The van der Waals surface area contributed by atoms with Crippen molar-refractivity contribution in [2.75, 3.05) is 26.4 Å². The van der Waals surface area contributed by atoms with Gasteiger partial charge in [0.2, 0.25) is 5.88 Å². The molecule has 0 saturated heterocycles. The van der Waals surface area contributed by atoms with Crippen LogP contribution < -0.4 is 10.5 Å². The first-order chi connectivity index (χ1) is 7.34. The van der Waals surface area contributed by atoms with Crippen molar-refractivity contribution in [3.8, 4) is 5.88 Å². The van der Waals surface area contributed by atoms with E-state index in [9.17, 15) is 0 Å². The lowest BCUT2D eigenvalue weighted by Gasteiger charge is -2.32. The Morgan fingerprint density at radius 2 is 2.06 bits per heavy atom. The zero-order chi connectivity index (χ0) is 12.3. The van der Waals surface area contributed by atoms with Crippen LogP contribution in [0.4, 0.5) is 5.69 Å². The average Bonchev–Trinajstić information content (AvgIpc) is 2.20. The van der Waals surface area contributed by atoms with Crippen molar-refractivity contribution in [3.05, 3.63) is 17.8 Å². The Morgan fingerprint density at radius 1 is 1.44 bits per heavy atom. The lowest BCUT2D eigenvalue weighted by atomic mass is 10.1. The van der Waals surface area contributed by atoms with Crippen LogP contribution in [0.5, 0.6) is 5.88 Å². The Morgan fingerprint density at radius 3 is 2.62 bits per heavy atom. The summed E-state index contributed by atoms with van der Waals surface area (Å²) in [4.78, 5) is 6.25. The molecule has 1 heterocycles. The molecule has 0 aliphatic carbocycles. The van der Waals surface area contributed by atoms with Crippen LogP contribution in [-0.4, -0.2) is 36.1 Å². The van der Waals surface area contributed by atoms with Gasteiger partial charge in [-0.05, 0) is 46.5 Å². The maximum atomic E-state index is 5.89. The molecule has 90 valence electrons. The SMILES string of the molecule is Cc1ccnc(OCC(C)(C)N(C)C)c1N. The minimum absolute atomic E-state index is 0.0438. The summed E-state index contributed by atoms with van der Waals surface area (Å²) in [6.45, 7) is 6.72. The molecule has 0 atom stereocenters. The van der Waals surface area contributed by atoms with Crippen molar-refractivity contribution >= 4 is 5.69 Å². The summed E-state index contributed by atoms with van der Waals surface area (Å²) in [6.07, 6.45) is 1.71. The van der Waals surface area contributed by atoms with E-state index >= 15 is 0 Å². The van der Waals surface area contributed by atoms with Crippen LogP contribution in [-0.2, 0) is 0 Å². The van der Waals surface area contributed by atoms with E-state index in [1.54, 1.807) is 6.20 Å². The highest BCUT2D eigenvalue weighted by Crippen LogP contribution is 2.22. The molecule has 0 aliphatic heterocycles. The molecule has 0 fully saturated rings. The van der Waals surface area contributed by atoms with E-state index in [0.29, 0.717) is 18.2 Å². The average molecular weight is 223 g/mol. The first-order valence-corrected chi connectivity index (χ1v) is 5.36. The van der Waals surface area contributed by atoms with Gasteiger partial charge in [-0.15, -0.1) is 0 Å². The van der Waals surface area contributed by atoms with Crippen molar-refractivity contribution < 1.29 is 4.74 Å². The van der Waals surface area contributed by atoms with Crippen LogP contribution >= 0.6 is 0 Å². The van der Waals surface area contributed by atoms with Gasteiger partial charge < -0.3 is 15.4 Å². The number of rotatable bonds is 4. The first kappa shape index (κ1) is 12.8. The van der Waals surface area contributed by atoms with Gasteiger partial charge in [-0.25, -0.2) is 4.98 Å². The van der Waals surface area contributed by atoms with E-state index in [-0.39, 0.29) is 5.54 Å². The zero-order valence-electron chi connectivity index (χ0n) is 10.7. The molecule has 0 unspecified atom stereocenters. The molecular formula is C12H21N3O. The Hall–Kier alpha value is -1.29. The Bertz CT molecular complexity index is 361. The van der Waals surface area contributed by atoms with Crippen LogP contribution in [0.1, 0.15) is 19.4 Å². The molecule has 0 bridgehead atoms. The lowest BCUT2D eigenvalue weighted by molar-refractivity contribution is 0.111. The summed E-state index contributed by atoms with van der Waals surface area (Å²) in [5, 5.41) is 0. The van der Waals surface area contributed by atoms with Gasteiger partial charge in [0.05, 0.1) is 5.69 Å². The van der Waals surface area contributed by atoms with Gasteiger partial charge >= 0.3 is 0 Å². The van der Waals surface area contributed by atoms with Gasteiger partial charge in [0.15, 0.2) is 0 Å². The van der Waals surface area contributed by atoms with E-state index in [4.69, 9.17) is 10.5 Å². The Balaban J connectivity index is 2.72. The summed E-state index contributed by atoms with van der Waals surface area (Å²) in [5.74, 6) is 0.523. The number of hydrogen-bond acceptors (Lipinski definition) is 4. The van der Waals surface area contributed by atoms with Gasteiger partial charge in [-0.3, -0.25) is 0 Å². The molecule has 0 spiro atoms. The lowest BCUT2D eigenvalue weighted by Crippen LogP contribution is -2.43. The molecule has 4 heteroatoms. The molecule has 0 amide bonds. The van der Waals surface area contributed by atoms with Gasteiger partial charge in [-0.2, -0.15) is 0 Å². The number of aryl methyl sites for hydroxylation is 1. The van der Waals surface area contributed by atoms with Crippen molar-refractivity contribution in [1.29, 1.82) is 0 Å². The standard InChI is InChI=1S/C12H21N3O/c1-9-6-7-14-11(10(9)13)16-8-12(2,3)15(4)5/h6-7H,8,13H2,1-5H3. The molecular weight excluding hydrogens is 202 g/mol. The fourth-order valence-corrected chi connectivity index (χ4v) is 1.03. The van der Waals surface area contributed by atoms with Gasteiger partial charge in [0.1, 0.15) is 6.61 Å². The molecule has 0 aromatic carbocycles. The molecule has 0 aliphatic rings. The van der Waals surface area contributed by atoms with Crippen LogP contribution in [0, 0.1) is 6.92 Å². The molecule has 1 aromatic heterocycles. The molecule has 1 rings (SSSR count). The van der Waals surface area contributed by atoms with E-state index in [1.807, 2.05) is 27.1 Å². The highest BCUT2D eigenvalue weighted by molar-refractivity contribution is 5.53. The summed E-state index contributed by atoms with van der Waals surface area (Å²) in [5.41, 5.74) is 7.46. The summed E-state index contributed by atoms with van der Waals surface area (Å²) >= 11 is 0. The number of aromatic nitrogens is 1. The minimum atomic E-state index is -0.0438. The van der Waals surface area contributed by atoms with Crippen molar-refractivity contribution in [2.24, 2.45) is 0 Å². The second-order valence-corrected chi connectivity index (χ2v) is 4.84. The number of likely N-dealkylation sites (N-methyl/N-ethyl adjacent to an activating group) is 1. The maximum Gasteiger partial charge on any atom is 0.237 e. The quantitative estimate of drug-likeness (QED) is 0.844. The van der Waals surface area contributed by atoms with E-state index in [0.717, 1.165) is 5.56 Å². The number of nitrogens with two attached hydrogens (primary N) is 1. The Labute approximate surface area is 97.4 Å². The molecule has 2 N–H and O–H groups in total. The number of pyridine rings is 1. The van der Waals surface area contributed by atoms with E-state index < -0.39 is 0 Å². The van der Waals surface area contributed by atoms with Crippen LogP contribution in [0.15, 0.2) is 12.3 Å². The predicted molar refractivity (Wildman–Crippen MR) is 66.6 cm³/mol. The number of hydrogen-bond donors (Lipinski definition) is 1. The third-order valence-corrected chi connectivity index (χ3v) is 2.94. The molecule has 16 heavy (non-hydrogen) atoms. The number of ether oxygens (including phenoxy) is 1. The molecule has 4 nitrogen and oxygen atoms in total. The summed E-state index contributed by atoms with van der Waals surface area (Å²) in [6, 6.07) is 1.87. The van der Waals surface area contributed by atoms with Gasteiger partial charge in [0.25, 0.3) is 0 Å². The Kier molecular flexibility index (Phi) is 3.75. The van der Waals surface area contributed by atoms with Crippen LogP contribution in [0.25, 0.3) is 0 Å². The fourth-order valence-electron chi connectivity index (χ4n) is 1.03. The molecule has 0 saturated carbocycles. The second kappa shape index (κ2) is 4.70. The predicted octanol–water partition coefficient (Wildman–Crippen LogP) is 1.69. The largest absolute Gasteiger partial charge is 0.474 e. The third-order valence-electron chi connectivity index (χ3n) is 2.94. The normalized spacial score (nSPS) is 11.9. The molecule has 0 radical (unpaired) electrons. The van der Waals surface area contributed by atoms with Crippen LogP contribution in [0.2, 0.25) is 0 Å². The van der Waals surface area contributed by atoms with E-state index in [1.165, 1.54) is 0 Å². The van der Waals surface area contributed by atoms with Crippen molar-refractivity contribution in [3.63, 3.8) is 0 Å². The van der Waals surface area contributed by atoms with Crippen molar-refractivity contribution in [2.45, 2.75) is 26.3 Å². The second-order valence-electron chi connectivity index (χ2n) is 4.84. The fraction of sp³-hybridized carbons (Fsp3) is 0.583. The smallest absolute Gasteiger partial charge is 0.237 e. The highest BCUT2D eigenvalue weighted by Gasteiger charge is 2.22. The summed E-state index contributed by atoms with van der Waals surface area (Å²) in [7, 11) is 4.05. The number of nitrogen functional groups attached to an aromatic ring is 1. The monoisotopic (exact) mass is 223 g/mol. The zero-order valence-corrected chi connectivity index (χ0v) is 10.7. The minimum Gasteiger partial charge on any atom is -0.474 e. The van der Waals surface area contributed by atoms with Crippen molar-refractivity contribution in [1.82, 2.24) is 9.88 Å². The molecule has 1 aromatic rings. The van der Waals surface area contributed by atoms with Gasteiger partial charge in [-0.1, -0.05) is 0 Å². The number of nitrogens with zero attached hydrogens (tertiary/aromatic N) is 2. The topological polar surface area (TPSA) is 51.4 Å². The maximum absolute atomic E-state index is 5.89. The highest BCUT2D eigenvalue weighted by atomic mass is 16.5.